The number of imide groups is 1. The Morgan fingerprint density at radius 2 is 1.94 bits per heavy atom. The Hall–Kier alpha value is -1.90. The Bertz CT molecular complexity index is 506. The number of fused-ring (bicyclic) bond motifs is 2. The zero-order valence-electron chi connectivity index (χ0n) is 10.1. The lowest BCUT2D eigenvalue weighted by Crippen LogP contribution is -2.52. The molecule has 1 fully saturated rings. The molecule has 0 aromatic heterocycles. The van der Waals surface area contributed by atoms with Crippen LogP contribution >= 0.6 is 0 Å². The lowest BCUT2D eigenvalue weighted by atomic mass is 9.85. The summed E-state index contributed by atoms with van der Waals surface area (Å²) in [5.41, 5.74) is 0.959. The second-order valence-electron chi connectivity index (χ2n) is 4.90. The SMILES string of the molecule is O=C(Cc1ccccc1)N1C(=O)C2C=CC1CC2. The molecule has 2 atom stereocenters. The number of piperidine rings is 1. The summed E-state index contributed by atoms with van der Waals surface area (Å²) in [6, 6.07) is 9.56. The van der Waals surface area contributed by atoms with E-state index in [4.69, 9.17) is 0 Å². The summed E-state index contributed by atoms with van der Waals surface area (Å²) in [7, 11) is 0. The first-order valence-corrected chi connectivity index (χ1v) is 6.34. The van der Waals surface area contributed by atoms with Crippen LogP contribution in [0.2, 0.25) is 0 Å². The third-order valence-corrected chi connectivity index (χ3v) is 3.69. The van der Waals surface area contributed by atoms with E-state index in [-0.39, 0.29) is 23.8 Å². The number of hydrogen-bond donors (Lipinski definition) is 0. The molecule has 1 aromatic rings. The maximum atomic E-state index is 12.2. The van der Waals surface area contributed by atoms with Crippen molar-refractivity contribution in [2.75, 3.05) is 0 Å². The van der Waals surface area contributed by atoms with E-state index in [9.17, 15) is 9.59 Å². The molecule has 3 heteroatoms. The average Bonchev–Trinajstić information content (AvgIpc) is 2.41. The largest absolute Gasteiger partial charge is 0.275 e. The molecule has 2 bridgehead atoms. The second-order valence-corrected chi connectivity index (χ2v) is 4.90. The smallest absolute Gasteiger partial charge is 0.236 e. The third kappa shape index (κ3) is 1.86. The van der Waals surface area contributed by atoms with Crippen LogP contribution in [0.5, 0.6) is 0 Å². The standard InChI is InChI=1S/C15H15NO2/c17-14(10-11-4-2-1-3-5-11)16-13-8-6-12(7-9-13)15(16)18/h1-6,8,12-13H,7,9-10H2. The van der Waals surface area contributed by atoms with Crippen molar-refractivity contribution in [2.45, 2.75) is 25.3 Å². The van der Waals surface area contributed by atoms with Gasteiger partial charge in [-0.1, -0.05) is 42.5 Å². The first kappa shape index (κ1) is 11.2. The van der Waals surface area contributed by atoms with Crippen LogP contribution in [-0.4, -0.2) is 22.8 Å². The van der Waals surface area contributed by atoms with Crippen LogP contribution in [0, 0.1) is 5.92 Å². The van der Waals surface area contributed by atoms with Gasteiger partial charge in [-0.2, -0.15) is 0 Å². The minimum Gasteiger partial charge on any atom is -0.275 e. The fourth-order valence-corrected chi connectivity index (χ4v) is 2.73. The molecule has 2 aliphatic heterocycles. The van der Waals surface area contributed by atoms with Crippen LogP contribution in [0.25, 0.3) is 0 Å². The maximum Gasteiger partial charge on any atom is 0.236 e. The summed E-state index contributed by atoms with van der Waals surface area (Å²) >= 11 is 0. The van der Waals surface area contributed by atoms with E-state index in [1.807, 2.05) is 42.5 Å². The normalized spacial score (nSPS) is 25.6. The van der Waals surface area contributed by atoms with Crippen molar-refractivity contribution in [3.05, 3.63) is 48.0 Å². The molecule has 3 aliphatic rings. The fraction of sp³-hybridized carbons (Fsp3) is 0.333. The highest BCUT2D eigenvalue weighted by atomic mass is 16.2. The van der Waals surface area contributed by atoms with Crippen molar-refractivity contribution in [3.8, 4) is 0 Å². The molecule has 0 saturated carbocycles. The Labute approximate surface area is 106 Å². The zero-order chi connectivity index (χ0) is 12.5. The van der Waals surface area contributed by atoms with Crippen molar-refractivity contribution < 1.29 is 9.59 Å². The van der Waals surface area contributed by atoms with Gasteiger partial charge in [0.15, 0.2) is 0 Å². The van der Waals surface area contributed by atoms with Crippen LogP contribution in [-0.2, 0) is 16.0 Å². The van der Waals surface area contributed by atoms with E-state index in [1.165, 1.54) is 4.90 Å². The van der Waals surface area contributed by atoms with Gasteiger partial charge in [0.25, 0.3) is 0 Å². The first-order chi connectivity index (χ1) is 8.75. The summed E-state index contributed by atoms with van der Waals surface area (Å²) in [5, 5.41) is 0. The number of carbonyl (C=O) groups excluding carboxylic acids is 2. The van der Waals surface area contributed by atoms with E-state index in [2.05, 4.69) is 0 Å². The van der Waals surface area contributed by atoms with Crippen molar-refractivity contribution in [1.82, 2.24) is 4.90 Å². The zero-order valence-corrected chi connectivity index (χ0v) is 10.1. The van der Waals surface area contributed by atoms with E-state index in [1.54, 1.807) is 0 Å². The molecule has 18 heavy (non-hydrogen) atoms. The highest BCUT2D eigenvalue weighted by molar-refractivity contribution is 5.99. The monoisotopic (exact) mass is 241 g/mol. The van der Waals surface area contributed by atoms with Crippen molar-refractivity contribution >= 4 is 11.8 Å². The molecule has 0 N–H and O–H groups in total. The lowest BCUT2D eigenvalue weighted by molar-refractivity contribution is -0.151. The number of rotatable bonds is 2. The third-order valence-electron chi connectivity index (χ3n) is 3.69. The molecule has 92 valence electrons. The van der Waals surface area contributed by atoms with Gasteiger partial charge in [0.1, 0.15) is 0 Å². The van der Waals surface area contributed by atoms with E-state index in [0.717, 1.165) is 18.4 Å². The van der Waals surface area contributed by atoms with Gasteiger partial charge >= 0.3 is 0 Å². The summed E-state index contributed by atoms with van der Waals surface area (Å²) in [6.07, 6.45) is 6.05. The molecule has 1 aliphatic carbocycles. The molecule has 0 radical (unpaired) electrons. The molecule has 0 spiro atoms. The molecule has 2 heterocycles. The summed E-state index contributed by atoms with van der Waals surface area (Å²) in [6.45, 7) is 0. The average molecular weight is 241 g/mol. The molecular formula is C15H15NO2. The quantitative estimate of drug-likeness (QED) is 0.742. The van der Waals surface area contributed by atoms with Crippen LogP contribution in [0.4, 0.5) is 0 Å². The number of carbonyl (C=O) groups is 2. The molecule has 1 saturated heterocycles. The van der Waals surface area contributed by atoms with Crippen LogP contribution in [0.1, 0.15) is 18.4 Å². The molecule has 2 unspecified atom stereocenters. The Morgan fingerprint density at radius 3 is 2.56 bits per heavy atom. The lowest BCUT2D eigenvalue weighted by Gasteiger charge is -2.39. The molecule has 4 rings (SSSR count). The summed E-state index contributed by atoms with van der Waals surface area (Å²) < 4.78 is 0. The van der Waals surface area contributed by atoms with Crippen LogP contribution in [0.15, 0.2) is 42.5 Å². The minimum atomic E-state index is -0.0785. The number of nitrogens with zero attached hydrogens (tertiary/aromatic N) is 1. The minimum absolute atomic E-state index is 0.0151. The van der Waals surface area contributed by atoms with Gasteiger partial charge < -0.3 is 0 Å². The second kappa shape index (κ2) is 4.41. The fourth-order valence-electron chi connectivity index (χ4n) is 2.73. The molecule has 1 aromatic carbocycles. The van der Waals surface area contributed by atoms with Crippen LogP contribution in [0.3, 0.4) is 0 Å². The summed E-state index contributed by atoms with van der Waals surface area (Å²) in [5.74, 6) is -0.172. The van der Waals surface area contributed by atoms with E-state index in [0.29, 0.717) is 6.42 Å². The van der Waals surface area contributed by atoms with E-state index < -0.39 is 0 Å². The Morgan fingerprint density at radius 1 is 1.17 bits per heavy atom. The van der Waals surface area contributed by atoms with Gasteiger partial charge in [-0.05, 0) is 18.4 Å². The van der Waals surface area contributed by atoms with Crippen molar-refractivity contribution in [3.63, 3.8) is 0 Å². The predicted molar refractivity (Wildman–Crippen MR) is 67.7 cm³/mol. The van der Waals surface area contributed by atoms with Gasteiger partial charge in [-0.3, -0.25) is 14.5 Å². The van der Waals surface area contributed by atoms with E-state index >= 15 is 0 Å². The summed E-state index contributed by atoms with van der Waals surface area (Å²) in [4.78, 5) is 25.8. The highest BCUT2D eigenvalue weighted by Crippen LogP contribution is 2.31. The molecule has 2 amide bonds. The van der Waals surface area contributed by atoms with Crippen molar-refractivity contribution in [2.24, 2.45) is 5.92 Å². The van der Waals surface area contributed by atoms with Gasteiger partial charge in [0.05, 0.1) is 18.4 Å². The topological polar surface area (TPSA) is 37.4 Å². The predicted octanol–water partition coefficient (Wildman–Crippen LogP) is 1.93. The first-order valence-electron chi connectivity index (χ1n) is 6.34. The number of amides is 2. The molecule has 3 nitrogen and oxygen atoms in total. The Kier molecular flexibility index (Phi) is 2.74. The van der Waals surface area contributed by atoms with Gasteiger partial charge in [0.2, 0.25) is 11.8 Å². The number of benzene rings is 1. The van der Waals surface area contributed by atoms with Gasteiger partial charge in [-0.25, -0.2) is 0 Å². The van der Waals surface area contributed by atoms with Crippen molar-refractivity contribution in [1.29, 1.82) is 0 Å². The molecular weight excluding hydrogens is 226 g/mol. The highest BCUT2D eigenvalue weighted by Gasteiger charge is 2.39. The Balaban J connectivity index is 1.77. The number of hydrogen-bond acceptors (Lipinski definition) is 2. The van der Waals surface area contributed by atoms with Gasteiger partial charge in [0, 0.05) is 0 Å². The van der Waals surface area contributed by atoms with Crippen LogP contribution < -0.4 is 0 Å². The maximum absolute atomic E-state index is 12.2. The van der Waals surface area contributed by atoms with Gasteiger partial charge in [-0.15, -0.1) is 0 Å².